The molecule has 0 radical (unpaired) electrons. The van der Waals surface area contributed by atoms with Crippen LogP contribution >= 0.6 is 38.5 Å². The first-order chi connectivity index (χ1) is 8.25. The number of aromatic nitrogens is 2. The molecule has 0 aliphatic heterocycles. The zero-order valence-corrected chi connectivity index (χ0v) is 12.5. The van der Waals surface area contributed by atoms with E-state index >= 15 is 0 Å². The number of fused-ring (bicyclic) bond motifs is 1. The Bertz CT molecular complexity index is 676. The van der Waals surface area contributed by atoms with Gasteiger partial charge in [-0.25, -0.2) is 4.98 Å². The van der Waals surface area contributed by atoms with Gasteiger partial charge in [-0.1, -0.05) is 30.3 Å². The predicted octanol–water partition coefficient (Wildman–Crippen LogP) is 4.37. The SMILES string of the molecule is Brc1c(-c2ccccc2)nc2ccc(I)cn12. The van der Waals surface area contributed by atoms with Gasteiger partial charge in [0.15, 0.2) is 0 Å². The molecule has 0 aliphatic carbocycles. The molecule has 0 fully saturated rings. The van der Waals surface area contributed by atoms with E-state index < -0.39 is 0 Å². The predicted molar refractivity (Wildman–Crippen MR) is 81.0 cm³/mol. The van der Waals surface area contributed by atoms with Gasteiger partial charge >= 0.3 is 0 Å². The highest BCUT2D eigenvalue weighted by Gasteiger charge is 2.11. The van der Waals surface area contributed by atoms with Crippen molar-refractivity contribution in [2.24, 2.45) is 0 Å². The second kappa shape index (κ2) is 4.42. The van der Waals surface area contributed by atoms with Crippen molar-refractivity contribution in [3.05, 3.63) is 56.8 Å². The van der Waals surface area contributed by atoms with Crippen LogP contribution in [0.2, 0.25) is 0 Å². The van der Waals surface area contributed by atoms with Gasteiger partial charge in [0.25, 0.3) is 0 Å². The monoisotopic (exact) mass is 398 g/mol. The van der Waals surface area contributed by atoms with Crippen LogP contribution in [0.25, 0.3) is 16.9 Å². The van der Waals surface area contributed by atoms with Crippen LogP contribution in [0, 0.1) is 3.57 Å². The van der Waals surface area contributed by atoms with Gasteiger partial charge in [-0.2, -0.15) is 0 Å². The molecule has 84 valence electrons. The van der Waals surface area contributed by atoms with Gasteiger partial charge in [0, 0.05) is 15.3 Å². The minimum atomic E-state index is 0.955. The van der Waals surface area contributed by atoms with Gasteiger partial charge in [0.2, 0.25) is 0 Å². The highest BCUT2D eigenvalue weighted by Crippen LogP contribution is 2.28. The summed E-state index contributed by atoms with van der Waals surface area (Å²) in [5, 5.41) is 0. The second-order valence-corrected chi connectivity index (χ2v) is 5.69. The summed E-state index contributed by atoms with van der Waals surface area (Å²) < 4.78 is 4.24. The number of halogens is 2. The summed E-state index contributed by atoms with van der Waals surface area (Å²) in [6.45, 7) is 0. The smallest absolute Gasteiger partial charge is 0.138 e. The summed E-state index contributed by atoms with van der Waals surface area (Å²) in [7, 11) is 0. The van der Waals surface area contributed by atoms with E-state index in [0.29, 0.717) is 0 Å². The molecule has 0 aliphatic rings. The van der Waals surface area contributed by atoms with Crippen LogP contribution in [0.1, 0.15) is 0 Å². The van der Waals surface area contributed by atoms with E-state index in [1.807, 2.05) is 24.3 Å². The lowest BCUT2D eigenvalue weighted by molar-refractivity contribution is 1.14. The van der Waals surface area contributed by atoms with Crippen molar-refractivity contribution in [1.82, 2.24) is 9.38 Å². The van der Waals surface area contributed by atoms with Crippen LogP contribution < -0.4 is 0 Å². The van der Waals surface area contributed by atoms with E-state index in [2.05, 4.69) is 72.3 Å². The molecule has 2 nitrogen and oxygen atoms in total. The van der Waals surface area contributed by atoms with Crippen LogP contribution in [0.3, 0.4) is 0 Å². The quantitative estimate of drug-likeness (QED) is 0.556. The third-order valence-corrected chi connectivity index (χ3v) is 3.97. The van der Waals surface area contributed by atoms with E-state index in [9.17, 15) is 0 Å². The van der Waals surface area contributed by atoms with Crippen molar-refractivity contribution >= 4 is 44.2 Å². The lowest BCUT2D eigenvalue weighted by Crippen LogP contribution is -1.85. The first-order valence-corrected chi connectivity index (χ1v) is 7.01. The van der Waals surface area contributed by atoms with Crippen LogP contribution in [0.4, 0.5) is 0 Å². The van der Waals surface area contributed by atoms with Crippen molar-refractivity contribution in [2.75, 3.05) is 0 Å². The first-order valence-electron chi connectivity index (χ1n) is 5.14. The fourth-order valence-corrected chi connectivity index (χ4v) is 2.83. The molecule has 0 saturated heterocycles. The highest BCUT2D eigenvalue weighted by atomic mass is 127. The van der Waals surface area contributed by atoms with Gasteiger partial charge in [0.05, 0.1) is 0 Å². The first kappa shape index (κ1) is 11.2. The molecule has 2 aromatic heterocycles. The molecule has 1 aromatic carbocycles. The van der Waals surface area contributed by atoms with Crippen molar-refractivity contribution in [3.63, 3.8) is 0 Å². The van der Waals surface area contributed by atoms with Gasteiger partial charge in [-0.05, 0) is 50.7 Å². The standard InChI is InChI=1S/C13H8BrIN2/c14-13-12(9-4-2-1-3-5-9)16-11-7-6-10(15)8-17(11)13/h1-8H. The minimum Gasteiger partial charge on any atom is -0.293 e. The van der Waals surface area contributed by atoms with Crippen molar-refractivity contribution in [1.29, 1.82) is 0 Å². The van der Waals surface area contributed by atoms with E-state index in [1.54, 1.807) is 0 Å². The Labute approximate surface area is 121 Å². The highest BCUT2D eigenvalue weighted by molar-refractivity contribution is 14.1. The van der Waals surface area contributed by atoms with Crippen LogP contribution in [0.15, 0.2) is 53.3 Å². The number of rotatable bonds is 1. The van der Waals surface area contributed by atoms with E-state index in [0.717, 1.165) is 21.5 Å². The second-order valence-electron chi connectivity index (χ2n) is 3.69. The van der Waals surface area contributed by atoms with Crippen LogP contribution in [-0.2, 0) is 0 Å². The summed E-state index contributed by atoms with van der Waals surface area (Å²) >= 11 is 5.92. The largest absolute Gasteiger partial charge is 0.293 e. The van der Waals surface area contributed by atoms with Gasteiger partial charge in [-0.3, -0.25) is 4.40 Å². The fraction of sp³-hybridized carbons (Fsp3) is 0. The van der Waals surface area contributed by atoms with Crippen LogP contribution in [0.5, 0.6) is 0 Å². The number of benzene rings is 1. The molecule has 0 atom stereocenters. The lowest BCUT2D eigenvalue weighted by atomic mass is 10.2. The molecule has 0 spiro atoms. The van der Waals surface area contributed by atoms with Gasteiger partial charge in [0.1, 0.15) is 15.9 Å². The lowest BCUT2D eigenvalue weighted by Gasteiger charge is -1.97. The molecule has 0 amide bonds. The summed E-state index contributed by atoms with van der Waals surface area (Å²) in [6, 6.07) is 14.3. The van der Waals surface area contributed by atoms with Crippen molar-refractivity contribution in [3.8, 4) is 11.3 Å². The summed E-state index contributed by atoms with van der Waals surface area (Å²) in [5.74, 6) is 0. The summed E-state index contributed by atoms with van der Waals surface area (Å²) in [6.07, 6.45) is 2.07. The molecule has 2 heterocycles. The maximum absolute atomic E-state index is 4.64. The third kappa shape index (κ3) is 1.99. The molecule has 3 rings (SSSR count). The Kier molecular flexibility index (Phi) is 2.92. The Hall–Kier alpha value is -0.880. The third-order valence-electron chi connectivity index (χ3n) is 2.57. The number of hydrogen-bond acceptors (Lipinski definition) is 1. The zero-order chi connectivity index (χ0) is 11.8. The number of nitrogens with zero attached hydrogens (tertiary/aromatic N) is 2. The van der Waals surface area contributed by atoms with Crippen LogP contribution in [-0.4, -0.2) is 9.38 Å². The molecule has 0 saturated carbocycles. The average Bonchev–Trinajstić information content (AvgIpc) is 2.68. The molecule has 0 N–H and O–H groups in total. The topological polar surface area (TPSA) is 17.3 Å². The maximum Gasteiger partial charge on any atom is 0.138 e. The molecule has 0 unspecified atom stereocenters. The number of pyridine rings is 1. The Morgan fingerprint density at radius 2 is 1.82 bits per heavy atom. The fourth-order valence-electron chi connectivity index (χ4n) is 1.77. The average molecular weight is 399 g/mol. The molecular formula is C13H8BrIN2. The van der Waals surface area contributed by atoms with Gasteiger partial charge in [-0.15, -0.1) is 0 Å². The zero-order valence-electron chi connectivity index (χ0n) is 8.77. The normalized spacial score (nSPS) is 10.9. The minimum absolute atomic E-state index is 0.955. The van der Waals surface area contributed by atoms with E-state index in [1.165, 1.54) is 3.57 Å². The van der Waals surface area contributed by atoms with Gasteiger partial charge < -0.3 is 0 Å². The van der Waals surface area contributed by atoms with E-state index in [-0.39, 0.29) is 0 Å². The van der Waals surface area contributed by atoms with E-state index in [4.69, 9.17) is 0 Å². The molecule has 4 heteroatoms. The Morgan fingerprint density at radius 3 is 2.59 bits per heavy atom. The molecule has 17 heavy (non-hydrogen) atoms. The summed E-state index contributed by atoms with van der Waals surface area (Å²) in [5.41, 5.74) is 3.06. The number of imidazole rings is 1. The molecular weight excluding hydrogens is 391 g/mol. The summed E-state index contributed by atoms with van der Waals surface area (Å²) in [4.78, 5) is 4.64. The Balaban J connectivity index is 2.28. The molecule has 0 bridgehead atoms. The number of hydrogen-bond donors (Lipinski definition) is 0. The van der Waals surface area contributed by atoms with Crippen molar-refractivity contribution < 1.29 is 0 Å². The van der Waals surface area contributed by atoms with Crippen molar-refractivity contribution in [2.45, 2.75) is 0 Å². The Morgan fingerprint density at radius 1 is 1.06 bits per heavy atom. The molecule has 3 aromatic rings. The maximum atomic E-state index is 4.64.